The molecule has 80 heavy (non-hydrogen) atoms. The highest BCUT2D eigenvalue weighted by atomic mass is 16.2. The van der Waals surface area contributed by atoms with Gasteiger partial charge in [0.05, 0.1) is 18.1 Å². The molecule has 3 atom stereocenters. The van der Waals surface area contributed by atoms with E-state index in [0.717, 1.165) is 51.4 Å². The molecule has 0 saturated carbocycles. The Labute approximate surface area is 490 Å². The van der Waals surface area contributed by atoms with Crippen molar-refractivity contribution < 1.29 is 24.0 Å². The highest BCUT2D eigenvalue weighted by molar-refractivity contribution is 5.83. The number of rotatable bonds is 60. The third-order valence-electron chi connectivity index (χ3n) is 15.5. The van der Waals surface area contributed by atoms with Crippen LogP contribution < -0.4 is 39.7 Å². The zero-order valence-corrected chi connectivity index (χ0v) is 52.0. The molecule has 0 aliphatic heterocycles. The highest BCUT2D eigenvalue weighted by Gasteiger charge is 2.25. The van der Waals surface area contributed by atoms with Gasteiger partial charge >= 0.3 is 0 Å². The molecule has 0 saturated heterocycles. The summed E-state index contributed by atoms with van der Waals surface area (Å²) in [4.78, 5) is 72.0. The minimum absolute atomic E-state index is 0.0440. The quantitative estimate of drug-likeness (QED) is 0.0222. The molecule has 4 amide bonds. The fraction of sp³-hybridized carbons (Fsp3) is 0.862. The van der Waals surface area contributed by atoms with E-state index in [4.69, 9.17) is 34.4 Å². The Morgan fingerprint density at radius 1 is 0.350 bits per heavy atom. The van der Waals surface area contributed by atoms with E-state index < -0.39 is 18.1 Å². The second-order valence-electron chi connectivity index (χ2n) is 23.0. The summed E-state index contributed by atoms with van der Waals surface area (Å²) >= 11 is 0. The lowest BCUT2D eigenvalue weighted by Crippen LogP contribution is -2.47. The molecule has 0 unspecified atom stereocenters. The maximum atomic E-state index is 13.8. The van der Waals surface area contributed by atoms with Crippen LogP contribution in [0.15, 0.2) is 24.3 Å². The minimum Gasteiger partial charge on any atom is -0.356 e. The van der Waals surface area contributed by atoms with Gasteiger partial charge in [-0.25, -0.2) is 0 Å². The van der Waals surface area contributed by atoms with Gasteiger partial charge in [-0.15, -0.1) is 0 Å². The molecular weight excluding hydrogens is 1000 g/mol. The Morgan fingerprint density at radius 2 is 0.637 bits per heavy atom. The molecule has 0 rings (SSSR count). The number of Topliss-reactive ketones (excluding diaryl/α,β-unsaturated/α-hetero) is 1. The largest absolute Gasteiger partial charge is 0.356 e. The smallest absolute Gasteiger partial charge is 0.239 e. The van der Waals surface area contributed by atoms with Crippen LogP contribution in [0.1, 0.15) is 277 Å². The Balaban J connectivity index is 5.14. The molecule has 0 aromatic carbocycles. The number of unbranched alkanes of at least 4 members (excludes halogenated alkanes) is 24. The second-order valence-corrected chi connectivity index (χ2v) is 23.0. The predicted molar refractivity (Wildman–Crippen MR) is 338 cm³/mol. The van der Waals surface area contributed by atoms with Crippen molar-refractivity contribution >= 4 is 29.4 Å². The van der Waals surface area contributed by atoms with E-state index in [-0.39, 0.29) is 29.4 Å². The van der Waals surface area contributed by atoms with Crippen molar-refractivity contribution in [3.8, 4) is 0 Å². The Morgan fingerprint density at radius 3 is 1.00 bits per heavy atom. The monoisotopic (exact) mass is 1130 g/mol. The molecule has 468 valence electrons. The van der Waals surface area contributed by atoms with Crippen LogP contribution in [0.4, 0.5) is 0 Å². The number of hydrogen-bond donors (Lipinski definition) is 7. The van der Waals surface area contributed by atoms with Crippen molar-refractivity contribution in [2.75, 3.05) is 65.4 Å². The summed E-state index contributed by atoms with van der Waals surface area (Å²) in [5.41, 5.74) is 36.5. The molecule has 0 aromatic rings. The summed E-state index contributed by atoms with van der Waals surface area (Å²) in [5, 5.41) is 3.05. The molecule has 0 radical (unpaired) electrons. The normalized spacial score (nSPS) is 12.8. The maximum Gasteiger partial charge on any atom is 0.239 e. The summed E-state index contributed by atoms with van der Waals surface area (Å²) in [5.74, 6) is -0.0992. The standard InChI is InChI=1S/C65H128N10O5/c1-3-5-7-9-11-13-15-17-19-21-23-25-27-29-31-42-58(76)43-33-34-52-74(64(79)60(70)45-38-49-67)56-41-57-75(65(80)61(71)46-39-50-68)54-36-35-53-73(63(78)59(69)44-37-48-66)55-40-51-72-62(77)47-32-30-28-26-24-22-20-18-16-14-12-10-8-6-4-2/h17-20,59-61H,3-16,21-57,66-71H2,1-2H3,(H,72,77)/b19-17-,20-18-/t59-,60-,61-/m0/s1. The van der Waals surface area contributed by atoms with Crippen LogP contribution in [0.5, 0.6) is 0 Å². The number of nitrogens with zero attached hydrogens (tertiary/aromatic N) is 3. The summed E-state index contributed by atoms with van der Waals surface area (Å²) in [6, 6.07) is -2.03. The van der Waals surface area contributed by atoms with Gasteiger partial charge in [0.15, 0.2) is 0 Å². The number of amides is 4. The van der Waals surface area contributed by atoms with Gasteiger partial charge in [-0.05, 0) is 161 Å². The minimum atomic E-state index is -0.698. The molecule has 0 aliphatic rings. The maximum absolute atomic E-state index is 13.8. The Hall–Kier alpha value is -3.21. The van der Waals surface area contributed by atoms with Crippen molar-refractivity contribution in [2.24, 2.45) is 34.4 Å². The first-order chi connectivity index (χ1) is 39.0. The lowest BCUT2D eigenvalue weighted by Gasteiger charge is -2.30. The number of nitrogens with one attached hydrogen (secondary N) is 1. The highest BCUT2D eigenvalue weighted by Crippen LogP contribution is 2.15. The summed E-state index contributed by atoms with van der Waals surface area (Å²) < 4.78 is 0. The molecule has 0 heterocycles. The van der Waals surface area contributed by atoms with E-state index in [1.54, 1.807) is 14.7 Å². The molecule has 13 N–H and O–H groups in total. The van der Waals surface area contributed by atoms with E-state index in [0.29, 0.717) is 162 Å². The molecule has 0 spiro atoms. The average molecular weight is 1130 g/mol. The van der Waals surface area contributed by atoms with Gasteiger partial charge in [-0.3, -0.25) is 24.0 Å². The van der Waals surface area contributed by atoms with Crippen molar-refractivity contribution in [3.63, 3.8) is 0 Å². The van der Waals surface area contributed by atoms with Crippen LogP contribution in [-0.4, -0.2) is 128 Å². The third-order valence-corrected chi connectivity index (χ3v) is 15.5. The van der Waals surface area contributed by atoms with Crippen LogP contribution in [0.25, 0.3) is 0 Å². The van der Waals surface area contributed by atoms with Crippen molar-refractivity contribution in [1.29, 1.82) is 0 Å². The fourth-order valence-electron chi connectivity index (χ4n) is 10.2. The Kier molecular flexibility index (Phi) is 55.3. The number of carbonyl (C=O) groups is 5. The van der Waals surface area contributed by atoms with Gasteiger partial charge in [-0.2, -0.15) is 0 Å². The molecule has 0 aliphatic carbocycles. The van der Waals surface area contributed by atoms with E-state index in [1.807, 2.05) is 0 Å². The summed E-state index contributed by atoms with van der Waals surface area (Å²) in [6.07, 6.45) is 49.9. The first kappa shape index (κ1) is 76.8. The van der Waals surface area contributed by atoms with Crippen LogP contribution in [0.3, 0.4) is 0 Å². The predicted octanol–water partition coefficient (Wildman–Crippen LogP) is 11.2. The number of hydrogen-bond acceptors (Lipinski definition) is 11. The van der Waals surface area contributed by atoms with E-state index in [1.165, 1.54) is 116 Å². The summed E-state index contributed by atoms with van der Waals surface area (Å²) in [6.45, 7) is 8.98. The zero-order chi connectivity index (χ0) is 58.9. The fourth-order valence-corrected chi connectivity index (χ4v) is 10.2. The SMILES string of the molecule is CCCCCCCC/C=C\CCCCCCCC(=O)CCCCN(CCCN(CCCCN(CCCNC(=O)CCCCCCC/C=C\CCCCCCCC)C(=O)[C@@H](N)CCCN)C(=O)[C@@H](N)CCCN)C(=O)[C@@H](N)CCCN. The third kappa shape index (κ3) is 46.3. The molecular formula is C65H128N10O5. The van der Waals surface area contributed by atoms with Crippen LogP contribution in [-0.2, 0) is 24.0 Å². The summed E-state index contributed by atoms with van der Waals surface area (Å²) in [7, 11) is 0. The van der Waals surface area contributed by atoms with Gasteiger partial charge in [0, 0.05) is 65.1 Å². The van der Waals surface area contributed by atoms with Crippen molar-refractivity contribution in [3.05, 3.63) is 24.3 Å². The van der Waals surface area contributed by atoms with Gasteiger partial charge in [0.2, 0.25) is 23.6 Å². The lowest BCUT2D eigenvalue weighted by atomic mass is 10.0. The average Bonchev–Trinajstić information content (AvgIpc) is 3.46. The first-order valence-electron chi connectivity index (χ1n) is 33.3. The number of carbonyl (C=O) groups excluding carboxylic acids is 5. The van der Waals surface area contributed by atoms with Gasteiger partial charge < -0.3 is 54.4 Å². The molecule has 0 fully saturated rings. The molecule has 15 heteroatoms. The van der Waals surface area contributed by atoms with Crippen LogP contribution >= 0.6 is 0 Å². The molecule has 0 bridgehead atoms. The first-order valence-corrected chi connectivity index (χ1v) is 33.3. The van der Waals surface area contributed by atoms with E-state index >= 15 is 0 Å². The van der Waals surface area contributed by atoms with Crippen LogP contribution in [0, 0.1) is 0 Å². The van der Waals surface area contributed by atoms with Crippen molar-refractivity contribution in [2.45, 2.75) is 295 Å². The Bertz CT molecular complexity index is 1530. The topological polar surface area (TPSA) is 263 Å². The number of ketones is 1. The lowest BCUT2D eigenvalue weighted by molar-refractivity contribution is -0.135. The zero-order valence-electron chi connectivity index (χ0n) is 52.0. The van der Waals surface area contributed by atoms with E-state index in [2.05, 4.69) is 43.5 Å². The second kappa shape index (κ2) is 57.6. The van der Waals surface area contributed by atoms with Crippen LogP contribution in [0.2, 0.25) is 0 Å². The van der Waals surface area contributed by atoms with E-state index in [9.17, 15) is 24.0 Å². The molecule has 15 nitrogen and oxygen atoms in total. The number of allylic oxidation sites excluding steroid dienone is 4. The van der Waals surface area contributed by atoms with Gasteiger partial charge in [0.1, 0.15) is 5.78 Å². The number of nitrogens with two attached hydrogens (primary N) is 6. The van der Waals surface area contributed by atoms with Crippen molar-refractivity contribution in [1.82, 2.24) is 20.0 Å². The van der Waals surface area contributed by atoms with Gasteiger partial charge in [-0.1, -0.05) is 141 Å². The van der Waals surface area contributed by atoms with Gasteiger partial charge in [0.25, 0.3) is 0 Å². The molecule has 0 aromatic heterocycles.